The summed E-state index contributed by atoms with van der Waals surface area (Å²) in [5, 5.41) is 8.36. The largest absolute Gasteiger partial charge is 0.479 e. The lowest BCUT2D eigenvalue weighted by Gasteiger charge is -2.03. The molecule has 0 aromatic heterocycles. The predicted octanol–water partition coefficient (Wildman–Crippen LogP) is 1.46. The molecule has 58 valence electrons. The van der Waals surface area contributed by atoms with Gasteiger partial charge in [0.2, 0.25) is 5.67 Å². The molecule has 0 aromatic rings. The molecule has 1 saturated carbocycles. The summed E-state index contributed by atoms with van der Waals surface area (Å²) in [6.07, 6.45) is 0.194. The highest BCUT2D eigenvalue weighted by Gasteiger charge is 2.62. The Morgan fingerprint density at radius 1 is 1.80 bits per heavy atom. The Morgan fingerprint density at radius 3 is 2.40 bits per heavy atom. The SMILES string of the molecule is CC(C)[C@H]1C[C@@]1(F)C(=O)O. The summed E-state index contributed by atoms with van der Waals surface area (Å²) in [5.41, 5.74) is -1.89. The smallest absolute Gasteiger partial charge is 0.341 e. The molecule has 1 rings (SSSR count). The summed E-state index contributed by atoms with van der Waals surface area (Å²) in [5.74, 6) is -1.42. The lowest BCUT2D eigenvalue weighted by atomic mass is 10.1. The van der Waals surface area contributed by atoms with E-state index in [9.17, 15) is 9.18 Å². The van der Waals surface area contributed by atoms with Gasteiger partial charge in [-0.1, -0.05) is 13.8 Å². The first kappa shape index (κ1) is 7.51. The summed E-state index contributed by atoms with van der Waals surface area (Å²) < 4.78 is 12.9. The minimum absolute atomic E-state index is 0.140. The summed E-state index contributed by atoms with van der Waals surface area (Å²) in [6, 6.07) is 0. The van der Waals surface area contributed by atoms with Gasteiger partial charge in [0, 0.05) is 5.92 Å². The first-order valence-electron chi connectivity index (χ1n) is 3.41. The molecule has 0 bridgehead atoms. The normalized spacial score (nSPS) is 38.2. The van der Waals surface area contributed by atoms with E-state index in [1.165, 1.54) is 0 Å². The minimum atomic E-state index is -1.89. The maximum atomic E-state index is 12.9. The van der Waals surface area contributed by atoms with Crippen LogP contribution in [0.4, 0.5) is 4.39 Å². The van der Waals surface area contributed by atoms with Crippen LogP contribution in [0.3, 0.4) is 0 Å². The van der Waals surface area contributed by atoms with Crippen molar-refractivity contribution < 1.29 is 14.3 Å². The van der Waals surface area contributed by atoms with Gasteiger partial charge in [-0.05, 0) is 12.3 Å². The molecule has 1 aliphatic rings. The van der Waals surface area contributed by atoms with Crippen molar-refractivity contribution in [2.45, 2.75) is 25.9 Å². The number of alkyl halides is 1. The van der Waals surface area contributed by atoms with E-state index in [2.05, 4.69) is 0 Å². The fourth-order valence-corrected chi connectivity index (χ4v) is 1.27. The number of carboxylic acid groups (broad SMARTS) is 1. The standard InChI is InChI=1S/C7H11FO2/c1-4(2)5-3-7(5,8)6(9)10/h4-5H,3H2,1-2H3,(H,9,10)/t5-,7+/m1/s1. The van der Waals surface area contributed by atoms with Crippen LogP contribution in [0.5, 0.6) is 0 Å². The zero-order valence-electron chi connectivity index (χ0n) is 6.10. The minimum Gasteiger partial charge on any atom is -0.479 e. The van der Waals surface area contributed by atoms with Crippen LogP contribution in [0.1, 0.15) is 20.3 Å². The molecule has 2 nitrogen and oxygen atoms in total. The lowest BCUT2D eigenvalue weighted by Crippen LogP contribution is -2.20. The van der Waals surface area contributed by atoms with Gasteiger partial charge in [-0.3, -0.25) is 0 Å². The van der Waals surface area contributed by atoms with Gasteiger partial charge < -0.3 is 5.11 Å². The summed E-state index contributed by atoms with van der Waals surface area (Å²) in [7, 11) is 0. The Bertz CT molecular complexity index is 167. The third-order valence-corrected chi connectivity index (χ3v) is 2.10. The van der Waals surface area contributed by atoms with Gasteiger partial charge in [0.1, 0.15) is 0 Å². The highest BCUT2D eigenvalue weighted by Crippen LogP contribution is 2.51. The highest BCUT2D eigenvalue weighted by atomic mass is 19.1. The van der Waals surface area contributed by atoms with Crippen molar-refractivity contribution in [2.24, 2.45) is 11.8 Å². The molecule has 0 saturated heterocycles. The van der Waals surface area contributed by atoms with Crippen LogP contribution < -0.4 is 0 Å². The molecule has 1 N–H and O–H groups in total. The molecule has 0 heterocycles. The molecule has 3 heteroatoms. The average molecular weight is 146 g/mol. The fourth-order valence-electron chi connectivity index (χ4n) is 1.27. The molecule has 10 heavy (non-hydrogen) atoms. The van der Waals surface area contributed by atoms with Crippen molar-refractivity contribution in [3.8, 4) is 0 Å². The third kappa shape index (κ3) is 0.895. The average Bonchev–Trinajstić information content (AvgIpc) is 2.43. The van der Waals surface area contributed by atoms with Gasteiger partial charge >= 0.3 is 5.97 Å². The van der Waals surface area contributed by atoms with Crippen molar-refractivity contribution >= 4 is 5.97 Å². The number of aliphatic carboxylic acids is 1. The Balaban J connectivity index is 2.56. The number of carboxylic acids is 1. The van der Waals surface area contributed by atoms with Crippen LogP contribution >= 0.6 is 0 Å². The van der Waals surface area contributed by atoms with Crippen LogP contribution in [-0.2, 0) is 4.79 Å². The van der Waals surface area contributed by atoms with Gasteiger partial charge in [0.25, 0.3) is 0 Å². The zero-order chi connectivity index (χ0) is 7.94. The summed E-state index contributed by atoms with van der Waals surface area (Å²) >= 11 is 0. The van der Waals surface area contributed by atoms with Crippen molar-refractivity contribution in [2.75, 3.05) is 0 Å². The molecule has 0 aliphatic heterocycles. The maximum Gasteiger partial charge on any atom is 0.341 e. The summed E-state index contributed by atoms with van der Waals surface area (Å²) in [4.78, 5) is 10.2. The zero-order valence-corrected chi connectivity index (χ0v) is 6.10. The molecule has 1 fully saturated rings. The number of carbonyl (C=O) groups is 1. The van der Waals surface area contributed by atoms with Crippen LogP contribution in [0.25, 0.3) is 0 Å². The molecule has 2 atom stereocenters. The molecular formula is C7H11FO2. The highest BCUT2D eigenvalue weighted by molar-refractivity contribution is 5.81. The molecular weight excluding hydrogens is 135 g/mol. The van der Waals surface area contributed by atoms with Crippen molar-refractivity contribution in [3.05, 3.63) is 0 Å². The molecule has 0 spiro atoms. The Morgan fingerprint density at radius 2 is 2.30 bits per heavy atom. The lowest BCUT2D eigenvalue weighted by molar-refractivity contribution is -0.145. The second-order valence-electron chi connectivity index (χ2n) is 3.22. The number of halogens is 1. The van der Waals surface area contributed by atoms with E-state index in [1.807, 2.05) is 13.8 Å². The fraction of sp³-hybridized carbons (Fsp3) is 0.857. The van der Waals surface area contributed by atoms with Crippen LogP contribution in [0, 0.1) is 11.8 Å². The molecule has 1 aliphatic carbocycles. The van der Waals surface area contributed by atoms with E-state index in [-0.39, 0.29) is 18.3 Å². The van der Waals surface area contributed by atoms with E-state index < -0.39 is 11.6 Å². The number of hydrogen-bond donors (Lipinski definition) is 1. The summed E-state index contributed by atoms with van der Waals surface area (Å²) in [6.45, 7) is 3.68. The molecule has 0 amide bonds. The maximum absolute atomic E-state index is 12.9. The monoisotopic (exact) mass is 146 g/mol. The van der Waals surface area contributed by atoms with Crippen molar-refractivity contribution in [1.82, 2.24) is 0 Å². The topological polar surface area (TPSA) is 37.3 Å². The Hall–Kier alpha value is -0.600. The van der Waals surface area contributed by atoms with Gasteiger partial charge in [-0.25, -0.2) is 9.18 Å². The number of hydrogen-bond acceptors (Lipinski definition) is 1. The van der Waals surface area contributed by atoms with Crippen LogP contribution in [0.15, 0.2) is 0 Å². The van der Waals surface area contributed by atoms with Gasteiger partial charge in [0.15, 0.2) is 0 Å². The third-order valence-electron chi connectivity index (χ3n) is 2.10. The number of rotatable bonds is 2. The van der Waals surface area contributed by atoms with Gasteiger partial charge in [0.05, 0.1) is 0 Å². The van der Waals surface area contributed by atoms with Crippen LogP contribution in [0.2, 0.25) is 0 Å². The van der Waals surface area contributed by atoms with Crippen molar-refractivity contribution in [1.29, 1.82) is 0 Å². The van der Waals surface area contributed by atoms with Gasteiger partial charge in [-0.15, -0.1) is 0 Å². The first-order valence-corrected chi connectivity index (χ1v) is 3.41. The van der Waals surface area contributed by atoms with Crippen LogP contribution in [-0.4, -0.2) is 16.7 Å². The van der Waals surface area contributed by atoms with E-state index in [4.69, 9.17) is 5.11 Å². The Kier molecular flexibility index (Phi) is 1.46. The molecule has 0 aromatic carbocycles. The van der Waals surface area contributed by atoms with E-state index in [1.54, 1.807) is 0 Å². The first-order chi connectivity index (χ1) is 4.48. The molecule has 0 unspecified atom stereocenters. The van der Waals surface area contributed by atoms with E-state index in [0.717, 1.165) is 0 Å². The Labute approximate surface area is 59.0 Å². The van der Waals surface area contributed by atoms with Crippen molar-refractivity contribution in [3.63, 3.8) is 0 Å². The second kappa shape index (κ2) is 1.94. The molecule has 0 radical (unpaired) electrons. The van der Waals surface area contributed by atoms with Gasteiger partial charge in [-0.2, -0.15) is 0 Å². The quantitative estimate of drug-likeness (QED) is 0.640. The van der Waals surface area contributed by atoms with E-state index >= 15 is 0 Å². The second-order valence-corrected chi connectivity index (χ2v) is 3.22. The predicted molar refractivity (Wildman–Crippen MR) is 34.4 cm³/mol. The van der Waals surface area contributed by atoms with E-state index in [0.29, 0.717) is 0 Å².